The monoisotopic (exact) mass is 398 g/mol. The van der Waals surface area contributed by atoms with Crippen LogP contribution >= 0.6 is 0 Å². The lowest BCUT2D eigenvalue weighted by Crippen LogP contribution is -2.19. The molecule has 0 aliphatic rings. The Morgan fingerprint density at radius 1 is 0.867 bits per heavy atom. The van der Waals surface area contributed by atoms with Gasteiger partial charge in [0.1, 0.15) is 6.33 Å². The van der Waals surface area contributed by atoms with E-state index in [0.717, 1.165) is 0 Å². The lowest BCUT2D eigenvalue weighted by atomic mass is 10.1. The molecule has 0 fully saturated rings. The lowest BCUT2D eigenvalue weighted by molar-refractivity contribution is -0.114. The maximum atomic E-state index is 12.7. The number of hydrogen-bond acceptors (Lipinski definition) is 4. The maximum Gasteiger partial charge on any atom is 0.265 e. The molecule has 0 aliphatic carbocycles. The number of para-hydroxylation sites is 1. The molecular weight excluding hydrogens is 380 g/mol. The van der Waals surface area contributed by atoms with E-state index in [9.17, 15) is 14.4 Å². The average Bonchev–Trinajstić information content (AvgIpc) is 2.74. The second kappa shape index (κ2) is 8.00. The van der Waals surface area contributed by atoms with E-state index in [1.807, 2.05) is 6.07 Å². The smallest absolute Gasteiger partial charge is 0.265 e. The first-order valence-corrected chi connectivity index (χ1v) is 9.27. The number of carbonyl (C=O) groups excluding carboxylic acids is 2. The van der Waals surface area contributed by atoms with Gasteiger partial charge >= 0.3 is 0 Å². The Labute approximate surface area is 172 Å². The van der Waals surface area contributed by atoms with E-state index in [4.69, 9.17) is 0 Å². The van der Waals surface area contributed by atoms with Gasteiger partial charge in [-0.25, -0.2) is 4.98 Å². The lowest BCUT2D eigenvalue weighted by Gasteiger charge is -2.09. The number of hydrogen-bond donors (Lipinski definition) is 2. The molecule has 2 amide bonds. The molecule has 0 spiro atoms. The molecule has 7 heteroatoms. The fourth-order valence-electron chi connectivity index (χ4n) is 3.11. The van der Waals surface area contributed by atoms with Gasteiger partial charge in [0.05, 0.1) is 16.6 Å². The van der Waals surface area contributed by atoms with Gasteiger partial charge in [-0.3, -0.25) is 19.0 Å². The zero-order chi connectivity index (χ0) is 21.1. The molecule has 0 aliphatic heterocycles. The number of anilines is 2. The largest absolute Gasteiger partial charge is 0.326 e. The number of aromatic nitrogens is 2. The second-order valence-electron chi connectivity index (χ2n) is 6.70. The molecule has 148 valence electrons. The summed E-state index contributed by atoms with van der Waals surface area (Å²) in [5.74, 6) is -0.488. The van der Waals surface area contributed by atoms with E-state index in [2.05, 4.69) is 15.6 Å². The van der Waals surface area contributed by atoms with Crippen molar-refractivity contribution in [3.63, 3.8) is 0 Å². The highest BCUT2D eigenvalue weighted by atomic mass is 16.2. The number of benzene rings is 3. The normalized spacial score (nSPS) is 10.6. The number of carbonyl (C=O) groups is 2. The molecule has 0 bridgehead atoms. The molecule has 2 N–H and O–H groups in total. The van der Waals surface area contributed by atoms with Gasteiger partial charge < -0.3 is 10.6 Å². The van der Waals surface area contributed by atoms with Crippen molar-refractivity contribution in [2.24, 2.45) is 0 Å². The van der Waals surface area contributed by atoms with Gasteiger partial charge in [0, 0.05) is 23.9 Å². The summed E-state index contributed by atoms with van der Waals surface area (Å²) >= 11 is 0. The van der Waals surface area contributed by atoms with E-state index < -0.39 is 0 Å². The molecule has 3 aromatic carbocycles. The van der Waals surface area contributed by atoms with Crippen molar-refractivity contribution in [2.45, 2.75) is 6.92 Å². The van der Waals surface area contributed by atoms with Crippen molar-refractivity contribution < 1.29 is 9.59 Å². The quantitative estimate of drug-likeness (QED) is 0.549. The van der Waals surface area contributed by atoms with Crippen LogP contribution in [0.25, 0.3) is 16.6 Å². The minimum Gasteiger partial charge on any atom is -0.326 e. The van der Waals surface area contributed by atoms with Crippen molar-refractivity contribution >= 4 is 34.1 Å². The molecule has 0 saturated carbocycles. The Morgan fingerprint density at radius 3 is 2.30 bits per heavy atom. The van der Waals surface area contributed by atoms with Gasteiger partial charge in [0.2, 0.25) is 5.91 Å². The van der Waals surface area contributed by atoms with E-state index in [1.165, 1.54) is 17.8 Å². The van der Waals surface area contributed by atoms with Gasteiger partial charge in [-0.2, -0.15) is 0 Å². The average molecular weight is 398 g/mol. The van der Waals surface area contributed by atoms with Crippen LogP contribution in [0.4, 0.5) is 11.4 Å². The van der Waals surface area contributed by atoms with E-state index in [-0.39, 0.29) is 17.4 Å². The topological polar surface area (TPSA) is 93.1 Å². The summed E-state index contributed by atoms with van der Waals surface area (Å²) in [6, 6.07) is 20.7. The summed E-state index contributed by atoms with van der Waals surface area (Å²) in [5.41, 5.74) is 2.67. The van der Waals surface area contributed by atoms with Crippen LogP contribution in [0.3, 0.4) is 0 Å². The third kappa shape index (κ3) is 3.95. The van der Waals surface area contributed by atoms with Crippen LogP contribution in [0.5, 0.6) is 0 Å². The summed E-state index contributed by atoms with van der Waals surface area (Å²) < 4.78 is 1.45. The summed E-state index contributed by atoms with van der Waals surface area (Å²) in [6.45, 7) is 1.42. The third-order valence-electron chi connectivity index (χ3n) is 4.51. The number of amides is 2. The van der Waals surface area contributed by atoms with E-state index in [0.29, 0.717) is 33.5 Å². The molecular formula is C23H18N4O3. The summed E-state index contributed by atoms with van der Waals surface area (Å²) in [6.07, 6.45) is 1.48. The van der Waals surface area contributed by atoms with Crippen LogP contribution in [-0.2, 0) is 4.79 Å². The van der Waals surface area contributed by atoms with Gasteiger partial charge in [-0.15, -0.1) is 0 Å². The molecule has 4 rings (SSSR count). The van der Waals surface area contributed by atoms with Crippen LogP contribution in [0, 0.1) is 0 Å². The SMILES string of the molecule is CC(=O)Nc1cccc(NC(=O)c2ccc(-n3cnc4ccccc4c3=O)cc2)c1. The number of fused-ring (bicyclic) bond motifs is 1. The first kappa shape index (κ1) is 19.1. The van der Waals surface area contributed by atoms with Crippen molar-refractivity contribution in [2.75, 3.05) is 10.6 Å². The molecule has 0 unspecified atom stereocenters. The van der Waals surface area contributed by atoms with Gasteiger partial charge in [-0.05, 0) is 54.6 Å². The highest BCUT2D eigenvalue weighted by Crippen LogP contribution is 2.17. The van der Waals surface area contributed by atoms with Crippen LogP contribution in [0.1, 0.15) is 17.3 Å². The predicted molar refractivity (Wildman–Crippen MR) is 116 cm³/mol. The zero-order valence-electron chi connectivity index (χ0n) is 16.1. The van der Waals surface area contributed by atoms with Crippen LogP contribution in [0.2, 0.25) is 0 Å². The standard InChI is InChI=1S/C23H18N4O3/c1-15(28)25-17-5-4-6-18(13-17)26-22(29)16-9-11-19(12-10-16)27-14-24-21-8-3-2-7-20(21)23(27)30/h2-14H,1H3,(H,25,28)(H,26,29). The highest BCUT2D eigenvalue weighted by Gasteiger charge is 2.09. The Morgan fingerprint density at radius 2 is 1.57 bits per heavy atom. The molecule has 0 saturated heterocycles. The number of rotatable bonds is 4. The first-order valence-electron chi connectivity index (χ1n) is 9.27. The minimum absolute atomic E-state index is 0.174. The first-order chi connectivity index (χ1) is 14.5. The van der Waals surface area contributed by atoms with Gasteiger partial charge in [0.25, 0.3) is 11.5 Å². The Kier molecular flexibility index (Phi) is 5.09. The van der Waals surface area contributed by atoms with Crippen LogP contribution in [0.15, 0.2) is 83.9 Å². The Hall–Kier alpha value is -4.26. The van der Waals surface area contributed by atoms with Crippen LogP contribution < -0.4 is 16.2 Å². The number of nitrogens with zero attached hydrogens (tertiary/aromatic N) is 2. The summed E-state index contributed by atoms with van der Waals surface area (Å²) in [5, 5.41) is 6.00. The number of nitrogens with one attached hydrogen (secondary N) is 2. The van der Waals surface area contributed by atoms with E-state index in [1.54, 1.807) is 66.7 Å². The fourth-order valence-corrected chi connectivity index (χ4v) is 3.11. The molecule has 0 radical (unpaired) electrons. The maximum absolute atomic E-state index is 12.7. The third-order valence-corrected chi connectivity index (χ3v) is 4.51. The van der Waals surface area contributed by atoms with Gasteiger partial charge in [0.15, 0.2) is 0 Å². The predicted octanol–water partition coefficient (Wildman–Crippen LogP) is 3.60. The highest BCUT2D eigenvalue weighted by molar-refractivity contribution is 6.04. The minimum atomic E-state index is -0.300. The summed E-state index contributed by atoms with van der Waals surface area (Å²) in [4.78, 5) is 40.8. The molecule has 0 atom stereocenters. The summed E-state index contributed by atoms with van der Waals surface area (Å²) in [7, 11) is 0. The fraction of sp³-hybridized carbons (Fsp3) is 0.0435. The van der Waals surface area contributed by atoms with Crippen molar-refractivity contribution in [1.29, 1.82) is 0 Å². The van der Waals surface area contributed by atoms with Crippen molar-refractivity contribution in [1.82, 2.24) is 9.55 Å². The Balaban J connectivity index is 1.55. The molecule has 7 nitrogen and oxygen atoms in total. The van der Waals surface area contributed by atoms with Crippen molar-refractivity contribution in [3.05, 3.63) is 95.0 Å². The van der Waals surface area contributed by atoms with Crippen LogP contribution in [-0.4, -0.2) is 21.4 Å². The molecule has 1 aromatic heterocycles. The molecule has 30 heavy (non-hydrogen) atoms. The zero-order valence-corrected chi connectivity index (χ0v) is 16.1. The second-order valence-corrected chi connectivity index (χ2v) is 6.70. The molecule has 4 aromatic rings. The van der Waals surface area contributed by atoms with Gasteiger partial charge in [-0.1, -0.05) is 18.2 Å². The molecule has 1 heterocycles. The van der Waals surface area contributed by atoms with Crippen molar-refractivity contribution in [3.8, 4) is 5.69 Å². The van der Waals surface area contributed by atoms with E-state index >= 15 is 0 Å². The Bertz CT molecular complexity index is 1310.